The Morgan fingerprint density at radius 1 is 1.47 bits per heavy atom. The van der Waals surface area contributed by atoms with E-state index in [1.807, 2.05) is 0 Å². The molecule has 17 heavy (non-hydrogen) atoms. The zero-order chi connectivity index (χ0) is 12.3. The molecule has 0 atom stereocenters. The van der Waals surface area contributed by atoms with Gasteiger partial charge in [0.25, 0.3) is 5.91 Å². The van der Waals surface area contributed by atoms with Gasteiger partial charge >= 0.3 is 0 Å². The second-order valence-electron chi connectivity index (χ2n) is 3.25. The molecule has 2 aromatic heterocycles. The molecule has 0 fully saturated rings. The fourth-order valence-corrected chi connectivity index (χ4v) is 1.92. The van der Waals surface area contributed by atoms with Crippen molar-refractivity contribution < 1.29 is 19.1 Å². The van der Waals surface area contributed by atoms with Crippen LogP contribution in [0.15, 0.2) is 34.3 Å². The largest absolute Gasteiger partial charge is 0.507 e. The average molecular weight is 251 g/mol. The lowest BCUT2D eigenvalue weighted by Crippen LogP contribution is -2.28. The molecule has 2 N–H and O–H groups in total. The van der Waals surface area contributed by atoms with Crippen molar-refractivity contribution >= 4 is 23.0 Å². The van der Waals surface area contributed by atoms with Crippen molar-refractivity contribution in [2.75, 3.05) is 6.54 Å². The Kier molecular flexibility index (Phi) is 3.24. The molecule has 1 amide bonds. The fraction of sp³-hybridized carbons (Fsp3) is 0.0909. The third kappa shape index (κ3) is 2.73. The summed E-state index contributed by atoms with van der Waals surface area (Å²) in [7, 11) is 0. The van der Waals surface area contributed by atoms with Crippen molar-refractivity contribution in [3.8, 4) is 5.75 Å². The number of carbonyl (C=O) groups is 2. The third-order valence-electron chi connectivity index (χ3n) is 2.01. The molecule has 0 saturated heterocycles. The molecule has 0 aliphatic rings. The normalized spacial score (nSPS) is 10.1. The second kappa shape index (κ2) is 4.84. The number of ketones is 1. The number of amides is 1. The summed E-state index contributed by atoms with van der Waals surface area (Å²) >= 11 is 1.13. The lowest BCUT2D eigenvalue weighted by atomic mass is 10.3. The molecule has 0 unspecified atom stereocenters. The van der Waals surface area contributed by atoms with E-state index in [1.54, 1.807) is 6.07 Å². The first-order chi connectivity index (χ1) is 8.16. The minimum atomic E-state index is -0.441. The fourth-order valence-electron chi connectivity index (χ4n) is 1.21. The van der Waals surface area contributed by atoms with E-state index < -0.39 is 5.91 Å². The Morgan fingerprint density at radius 2 is 2.29 bits per heavy atom. The van der Waals surface area contributed by atoms with Crippen LogP contribution in [0.4, 0.5) is 0 Å². The van der Waals surface area contributed by atoms with E-state index in [1.165, 1.54) is 23.8 Å². The van der Waals surface area contributed by atoms with Gasteiger partial charge in [0.05, 0.1) is 17.7 Å². The van der Waals surface area contributed by atoms with Crippen LogP contribution in [0.1, 0.15) is 20.2 Å². The summed E-state index contributed by atoms with van der Waals surface area (Å²) < 4.78 is 4.88. The van der Waals surface area contributed by atoms with Gasteiger partial charge in [-0.3, -0.25) is 9.59 Å². The number of Topliss-reactive ketones (excluding diaryl/α,β-unsaturated/α-hetero) is 1. The molecule has 2 heterocycles. The Labute approximate surface area is 101 Å². The number of hydrogen-bond donors (Lipinski definition) is 2. The molecule has 0 radical (unpaired) electrons. The predicted molar refractivity (Wildman–Crippen MR) is 61.4 cm³/mol. The van der Waals surface area contributed by atoms with Crippen molar-refractivity contribution in [1.82, 2.24) is 5.32 Å². The van der Waals surface area contributed by atoms with Crippen LogP contribution in [0.5, 0.6) is 5.75 Å². The molecule has 2 rings (SSSR count). The van der Waals surface area contributed by atoms with Crippen LogP contribution in [-0.2, 0) is 0 Å². The number of hydrogen-bond acceptors (Lipinski definition) is 5. The van der Waals surface area contributed by atoms with Gasteiger partial charge in [-0.25, -0.2) is 0 Å². The smallest absolute Gasteiger partial charge is 0.287 e. The summed E-state index contributed by atoms with van der Waals surface area (Å²) in [5.74, 6) is -0.484. The van der Waals surface area contributed by atoms with Crippen molar-refractivity contribution in [3.05, 3.63) is 40.5 Å². The lowest BCUT2D eigenvalue weighted by molar-refractivity contribution is 0.0886. The number of carbonyl (C=O) groups excluding carboxylic acids is 2. The van der Waals surface area contributed by atoms with Crippen molar-refractivity contribution in [3.63, 3.8) is 0 Å². The van der Waals surface area contributed by atoms with Gasteiger partial charge in [0.1, 0.15) is 5.75 Å². The summed E-state index contributed by atoms with van der Waals surface area (Å²) in [6.07, 6.45) is 1.38. The molecule has 0 aliphatic carbocycles. The van der Waals surface area contributed by atoms with E-state index >= 15 is 0 Å². The van der Waals surface area contributed by atoms with E-state index in [9.17, 15) is 9.59 Å². The predicted octanol–water partition coefficient (Wildman–Crippen LogP) is 1.66. The van der Waals surface area contributed by atoms with Crippen molar-refractivity contribution in [2.24, 2.45) is 0 Å². The maximum atomic E-state index is 11.6. The first-order valence-electron chi connectivity index (χ1n) is 4.79. The maximum absolute atomic E-state index is 11.6. The molecule has 0 aromatic carbocycles. The molecular weight excluding hydrogens is 242 g/mol. The molecular formula is C11H9NO4S. The zero-order valence-corrected chi connectivity index (χ0v) is 9.49. The highest BCUT2D eigenvalue weighted by Crippen LogP contribution is 2.19. The highest BCUT2D eigenvalue weighted by molar-refractivity contribution is 7.12. The first-order valence-corrected chi connectivity index (χ1v) is 5.67. The van der Waals surface area contributed by atoms with Crippen LogP contribution in [0, 0.1) is 0 Å². The van der Waals surface area contributed by atoms with E-state index in [-0.39, 0.29) is 23.8 Å². The molecule has 2 aromatic rings. The molecule has 6 heteroatoms. The van der Waals surface area contributed by atoms with Gasteiger partial charge in [-0.15, -0.1) is 11.3 Å². The SMILES string of the molecule is O=C(NCC(=O)c1cc(O)cs1)c1ccco1. The number of furan rings is 1. The molecule has 0 aliphatic heterocycles. The Hall–Kier alpha value is -2.08. The quantitative estimate of drug-likeness (QED) is 0.810. The van der Waals surface area contributed by atoms with Crippen molar-refractivity contribution in [2.45, 2.75) is 0 Å². The number of nitrogens with one attached hydrogen (secondary N) is 1. The van der Waals surface area contributed by atoms with Crippen LogP contribution in [0.25, 0.3) is 0 Å². The molecule has 0 spiro atoms. The first kappa shape index (κ1) is 11.4. The standard InChI is InChI=1S/C11H9NO4S/c13-7-4-10(17-6-7)8(14)5-12-11(15)9-2-1-3-16-9/h1-4,6,13H,5H2,(H,12,15). The van der Waals surface area contributed by atoms with Crippen LogP contribution in [0.3, 0.4) is 0 Å². The minimum Gasteiger partial charge on any atom is -0.507 e. The summed E-state index contributed by atoms with van der Waals surface area (Å²) in [6, 6.07) is 4.47. The van der Waals surface area contributed by atoms with Gasteiger partial charge in [0, 0.05) is 11.4 Å². The lowest BCUT2D eigenvalue weighted by Gasteiger charge is -2.00. The van der Waals surface area contributed by atoms with Gasteiger partial charge in [0.15, 0.2) is 11.5 Å². The van der Waals surface area contributed by atoms with Gasteiger partial charge in [0.2, 0.25) is 0 Å². The van der Waals surface area contributed by atoms with Gasteiger partial charge < -0.3 is 14.8 Å². The van der Waals surface area contributed by atoms with Crippen molar-refractivity contribution in [1.29, 1.82) is 0 Å². The highest BCUT2D eigenvalue weighted by atomic mass is 32.1. The van der Waals surface area contributed by atoms with E-state index in [2.05, 4.69) is 5.32 Å². The monoisotopic (exact) mass is 251 g/mol. The Bertz CT molecular complexity index is 529. The van der Waals surface area contributed by atoms with Crippen LogP contribution in [0.2, 0.25) is 0 Å². The summed E-state index contributed by atoms with van der Waals surface area (Å²) in [5.41, 5.74) is 0. The van der Waals surface area contributed by atoms with Gasteiger partial charge in [-0.1, -0.05) is 0 Å². The van der Waals surface area contributed by atoms with Gasteiger partial charge in [-0.2, -0.15) is 0 Å². The second-order valence-corrected chi connectivity index (χ2v) is 4.16. The number of rotatable bonds is 4. The van der Waals surface area contributed by atoms with Crippen LogP contribution in [-0.4, -0.2) is 23.3 Å². The van der Waals surface area contributed by atoms with Crippen LogP contribution < -0.4 is 5.32 Å². The van der Waals surface area contributed by atoms with E-state index in [0.717, 1.165) is 11.3 Å². The number of thiophene rings is 1. The minimum absolute atomic E-state index is 0.0516. The summed E-state index contributed by atoms with van der Waals surface area (Å²) in [6.45, 7) is -0.126. The maximum Gasteiger partial charge on any atom is 0.287 e. The van der Waals surface area contributed by atoms with E-state index in [4.69, 9.17) is 9.52 Å². The summed E-state index contributed by atoms with van der Waals surface area (Å²) in [4.78, 5) is 23.4. The summed E-state index contributed by atoms with van der Waals surface area (Å²) in [5, 5.41) is 13.0. The molecule has 0 bridgehead atoms. The number of aromatic hydroxyl groups is 1. The third-order valence-corrected chi connectivity index (χ3v) is 2.97. The Morgan fingerprint density at radius 3 is 2.88 bits per heavy atom. The topological polar surface area (TPSA) is 79.5 Å². The van der Waals surface area contributed by atoms with Crippen LogP contribution >= 0.6 is 11.3 Å². The molecule has 0 saturated carbocycles. The van der Waals surface area contributed by atoms with E-state index in [0.29, 0.717) is 4.88 Å². The highest BCUT2D eigenvalue weighted by Gasteiger charge is 2.13. The zero-order valence-electron chi connectivity index (χ0n) is 8.67. The van der Waals surface area contributed by atoms with Gasteiger partial charge in [-0.05, 0) is 12.1 Å². The Balaban J connectivity index is 1.91. The molecule has 5 nitrogen and oxygen atoms in total. The molecule has 88 valence electrons. The average Bonchev–Trinajstić information content (AvgIpc) is 2.95.